The monoisotopic (exact) mass is 525 g/mol. The Morgan fingerprint density at radius 2 is 1.87 bits per heavy atom. The highest BCUT2D eigenvalue weighted by atomic mass is 19.1. The molecular formula is C31H32FN5O2. The van der Waals surface area contributed by atoms with Gasteiger partial charge in [0.05, 0.1) is 24.4 Å². The highest BCUT2D eigenvalue weighted by molar-refractivity contribution is 5.83. The van der Waals surface area contributed by atoms with Gasteiger partial charge in [0.1, 0.15) is 29.8 Å². The Morgan fingerprint density at radius 1 is 1.05 bits per heavy atom. The molecular weight excluding hydrogens is 493 g/mol. The van der Waals surface area contributed by atoms with E-state index in [1.165, 1.54) is 12.1 Å². The summed E-state index contributed by atoms with van der Waals surface area (Å²) in [6, 6.07) is 18.8. The number of nitriles is 1. The molecule has 0 amide bonds. The molecule has 0 unspecified atom stereocenters. The zero-order valence-corrected chi connectivity index (χ0v) is 22.5. The summed E-state index contributed by atoms with van der Waals surface area (Å²) in [5.74, 6) is 1.66. The van der Waals surface area contributed by atoms with Crippen molar-refractivity contribution < 1.29 is 13.9 Å². The Hall–Kier alpha value is -4.22. The molecule has 0 saturated carbocycles. The predicted octanol–water partition coefficient (Wildman–Crippen LogP) is 5.35. The largest absolute Gasteiger partial charge is 0.493 e. The van der Waals surface area contributed by atoms with Gasteiger partial charge in [0.2, 0.25) is 0 Å². The van der Waals surface area contributed by atoms with E-state index in [0.717, 1.165) is 48.4 Å². The van der Waals surface area contributed by atoms with Gasteiger partial charge in [0.25, 0.3) is 0 Å². The number of hydrogen-bond donors (Lipinski definition) is 0. The van der Waals surface area contributed by atoms with Crippen molar-refractivity contribution in [1.29, 1.82) is 5.26 Å². The first kappa shape index (κ1) is 26.4. The van der Waals surface area contributed by atoms with Gasteiger partial charge in [0, 0.05) is 19.1 Å². The first-order valence-electron chi connectivity index (χ1n) is 13.1. The molecule has 0 N–H and O–H groups in total. The number of rotatable bonds is 8. The van der Waals surface area contributed by atoms with Crippen LogP contribution in [-0.4, -0.2) is 55.2 Å². The van der Waals surface area contributed by atoms with Crippen molar-refractivity contribution >= 4 is 16.9 Å². The fourth-order valence-electron chi connectivity index (χ4n) is 5.09. The molecule has 1 aromatic heterocycles. The third-order valence-electron chi connectivity index (χ3n) is 7.32. The second-order valence-electron chi connectivity index (χ2n) is 10.1. The van der Waals surface area contributed by atoms with E-state index in [2.05, 4.69) is 34.9 Å². The molecule has 0 aliphatic carbocycles. The molecule has 200 valence electrons. The van der Waals surface area contributed by atoms with Gasteiger partial charge < -0.3 is 19.3 Å². The molecule has 1 fully saturated rings. The van der Waals surface area contributed by atoms with E-state index in [1.54, 1.807) is 13.2 Å². The van der Waals surface area contributed by atoms with Gasteiger partial charge in [-0.1, -0.05) is 24.3 Å². The lowest BCUT2D eigenvalue weighted by Gasteiger charge is -2.35. The van der Waals surface area contributed by atoms with Crippen LogP contribution in [0.15, 0.2) is 60.8 Å². The van der Waals surface area contributed by atoms with Gasteiger partial charge in [-0.2, -0.15) is 5.26 Å². The summed E-state index contributed by atoms with van der Waals surface area (Å²) in [5, 5.41) is 10.1. The van der Waals surface area contributed by atoms with Crippen LogP contribution in [-0.2, 0) is 13.0 Å². The maximum absolute atomic E-state index is 13.5. The van der Waals surface area contributed by atoms with E-state index >= 15 is 0 Å². The van der Waals surface area contributed by atoms with E-state index in [9.17, 15) is 9.65 Å². The minimum Gasteiger partial charge on any atom is -0.493 e. The molecule has 0 spiro atoms. The van der Waals surface area contributed by atoms with Crippen LogP contribution in [0, 0.1) is 17.1 Å². The molecule has 0 radical (unpaired) electrons. The number of anilines is 1. The Labute approximate surface area is 228 Å². The van der Waals surface area contributed by atoms with E-state index < -0.39 is 0 Å². The fraction of sp³-hybridized carbons (Fsp3) is 0.323. The topological polar surface area (TPSA) is 74.5 Å². The summed E-state index contributed by atoms with van der Waals surface area (Å²) >= 11 is 0. The number of fused-ring (bicyclic) bond motifs is 1. The molecule has 0 bridgehead atoms. The first-order chi connectivity index (χ1) is 18.9. The van der Waals surface area contributed by atoms with Crippen LogP contribution in [0.5, 0.6) is 11.5 Å². The van der Waals surface area contributed by atoms with Gasteiger partial charge in [-0.15, -0.1) is 0 Å². The number of aromatic nitrogens is 2. The number of hydrogen-bond acceptors (Lipinski definition) is 7. The van der Waals surface area contributed by atoms with E-state index in [0.29, 0.717) is 40.6 Å². The third kappa shape index (κ3) is 5.94. The van der Waals surface area contributed by atoms with Gasteiger partial charge in [-0.05, 0) is 80.4 Å². The summed E-state index contributed by atoms with van der Waals surface area (Å²) in [4.78, 5) is 14.1. The summed E-state index contributed by atoms with van der Waals surface area (Å²) in [5.41, 5.74) is 4.45. The fourth-order valence-corrected chi connectivity index (χ4v) is 5.09. The van der Waals surface area contributed by atoms with E-state index in [-0.39, 0.29) is 12.4 Å². The van der Waals surface area contributed by atoms with Crippen molar-refractivity contribution in [2.45, 2.75) is 31.9 Å². The van der Waals surface area contributed by atoms with Gasteiger partial charge in [0.15, 0.2) is 11.5 Å². The Bertz CT molecular complexity index is 1510. The number of nitrogens with zero attached hydrogens (tertiary/aromatic N) is 5. The van der Waals surface area contributed by atoms with Crippen LogP contribution in [0.3, 0.4) is 0 Å². The smallest absolute Gasteiger partial charge is 0.161 e. The molecule has 0 atom stereocenters. The van der Waals surface area contributed by atoms with Crippen LogP contribution in [0.25, 0.3) is 11.0 Å². The van der Waals surface area contributed by atoms with Crippen molar-refractivity contribution in [3.63, 3.8) is 0 Å². The summed E-state index contributed by atoms with van der Waals surface area (Å²) in [6.45, 7) is 2.06. The molecule has 39 heavy (non-hydrogen) atoms. The third-order valence-corrected chi connectivity index (χ3v) is 7.32. The molecule has 1 aliphatic heterocycles. The molecule has 1 aliphatic rings. The second-order valence-corrected chi connectivity index (χ2v) is 10.1. The number of piperidine rings is 1. The molecule has 8 heteroatoms. The lowest BCUT2D eigenvalue weighted by molar-refractivity contribution is 0.249. The standard InChI is InChI=1S/C31H32FN5O2/c1-36(2)25-11-13-37(14-12-25)30-19-34-27-9-8-23(26(18-33)31(27)35-30)15-21-7-10-28(29(17-21)38-3)39-20-22-5-4-6-24(32)16-22/h4-10,16-17,19,25H,11-15,20H2,1-3H3. The average molecular weight is 526 g/mol. The van der Waals surface area contributed by atoms with Crippen molar-refractivity contribution in [1.82, 2.24) is 14.9 Å². The van der Waals surface area contributed by atoms with Gasteiger partial charge in [-0.3, -0.25) is 4.98 Å². The lowest BCUT2D eigenvalue weighted by atomic mass is 9.98. The van der Waals surface area contributed by atoms with Crippen LogP contribution in [0.1, 0.15) is 35.1 Å². The number of benzene rings is 3. The maximum Gasteiger partial charge on any atom is 0.161 e. The molecule has 7 nitrogen and oxygen atoms in total. The van der Waals surface area contributed by atoms with Gasteiger partial charge >= 0.3 is 0 Å². The zero-order chi connectivity index (χ0) is 27.4. The minimum absolute atomic E-state index is 0.227. The van der Waals surface area contributed by atoms with Crippen molar-refractivity contribution in [2.24, 2.45) is 0 Å². The van der Waals surface area contributed by atoms with Crippen LogP contribution >= 0.6 is 0 Å². The van der Waals surface area contributed by atoms with Crippen molar-refractivity contribution in [3.05, 3.63) is 88.9 Å². The molecule has 4 aromatic rings. The number of ether oxygens (including phenoxy) is 2. The van der Waals surface area contributed by atoms with Crippen molar-refractivity contribution in [3.8, 4) is 17.6 Å². The Kier molecular flexibility index (Phi) is 7.89. The first-order valence-corrected chi connectivity index (χ1v) is 13.1. The summed E-state index contributed by atoms with van der Waals surface area (Å²) in [6.07, 6.45) is 4.48. The van der Waals surface area contributed by atoms with Crippen LogP contribution < -0.4 is 14.4 Å². The minimum atomic E-state index is -0.298. The van der Waals surface area contributed by atoms with E-state index in [4.69, 9.17) is 14.5 Å². The lowest BCUT2D eigenvalue weighted by Crippen LogP contribution is -2.42. The molecule has 5 rings (SSSR count). The van der Waals surface area contributed by atoms with E-state index in [1.807, 2.05) is 42.6 Å². The number of halogens is 1. The predicted molar refractivity (Wildman–Crippen MR) is 150 cm³/mol. The number of methoxy groups -OCH3 is 1. The van der Waals surface area contributed by atoms with Crippen molar-refractivity contribution in [2.75, 3.05) is 39.2 Å². The van der Waals surface area contributed by atoms with Crippen LogP contribution in [0.4, 0.5) is 10.2 Å². The average Bonchev–Trinajstić information content (AvgIpc) is 2.96. The summed E-state index contributed by atoms with van der Waals surface area (Å²) in [7, 11) is 5.84. The van der Waals surface area contributed by atoms with Crippen LogP contribution in [0.2, 0.25) is 0 Å². The highest BCUT2D eigenvalue weighted by Crippen LogP contribution is 2.31. The molecule has 3 aromatic carbocycles. The Balaban J connectivity index is 1.36. The second kappa shape index (κ2) is 11.7. The zero-order valence-electron chi connectivity index (χ0n) is 22.5. The highest BCUT2D eigenvalue weighted by Gasteiger charge is 2.22. The quantitative estimate of drug-likeness (QED) is 0.307. The Morgan fingerprint density at radius 3 is 2.59 bits per heavy atom. The maximum atomic E-state index is 13.5. The molecule has 2 heterocycles. The SMILES string of the molecule is COc1cc(Cc2ccc3ncc(N4CCC(N(C)C)CC4)nc3c2C#N)ccc1OCc1cccc(F)c1. The normalized spacial score (nSPS) is 14.0. The van der Waals surface area contributed by atoms with Gasteiger partial charge in [-0.25, -0.2) is 9.37 Å². The molecule has 1 saturated heterocycles. The summed E-state index contributed by atoms with van der Waals surface area (Å²) < 4.78 is 25.0.